The van der Waals surface area contributed by atoms with Gasteiger partial charge in [0.1, 0.15) is 6.61 Å². The molecule has 0 amide bonds. The van der Waals surface area contributed by atoms with E-state index in [4.69, 9.17) is 15.3 Å². The van der Waals surface area contributed by atoms with Gasteiger partial charge in [0.15, 0.2) is 5.78 Å². The average Bonchev–Trinajstić information content (AvgIpc) is 2.40. The summed E-state index contributed by atoms with van der Waals surface area (Å²) in [6, 6.07) is 0. The van der Waals surface area contributed by atoms with Crippen molar-refractivity contribution in [2.24, 2.45) is 0 Å². The maximum atomic E-state index is 11.3. The molecule has 6 nitrogen and oxygen atoms in total. The molecular weight excluding hydrogens is 240 g/mol. The number of rotatable bonds is 8. The smallest absolute Gasteiger partial charge is 0.333 e. The molecule has 0 aliphatic carbocycles. The van der Waals surface area contributed by atoms with Gasteiger partial charge in [0.05, 0.1) is 7.11 Å². The van der Waals surface area contributed by atoms with Gasteiger partial charge in [-0.3, -0.25) is 4.79 Å². The van der Waals surface area contributed by atoms with Crippen LogP contribution in [-0.4, -0.2) is 54.0 Å². The Hall–Kier alpha value is -1.50. The number of aliphatic hydroxyl groups excluding tert-OH is 3. The SMILES string of the molecule is COC(=O)/C(=C/C=C(\CCO)C(=O)CO)CCO. The van der Waals surface area contributed by atoms with Crippen molar-refractivity contribution >= 4 is 11.8 Å². The van der Waals surface area contributed by atoms with E-state index in [2.05, 4.69) is 4.74 Å². The van der Waals surface area contributed by atoms with Gasteiger partial charge in [0.25, 0.3) is 0 Å². The number of hydrogen-bond acceptors (Lipinski definition) is 6. The van der Waals surface area contributed by atoms with Crippen molar-refractivity contribution in [3.63, 3.8) is 0 Å². The van der Waals surface area contributed by atoms with Gasteiger partial charge in [0, 0.05) is 25.2 Å². The zero-order chi connectivity index (χ0) is 14.0. The average molecular weight is 258 g/mol. The van der Waals surface area contributed by atoms with E-state index in [1.54, 1.807) is 0 Å². The van der Waals surface area contributed by atoms with Crippen molar-refractivity contribution in [1.29, 1.82) is 0 Å². The minimum atomic E-state index is -0.659. The summed E-state index contributed by atoms with van der Waals surface area (Å²) >= 11 is 0. The molecular formula is C12H18O6. The number of carbonyl (C=O) groups is 2. The summed E-state index contributed by atoms with van der Waals surface area (Å²) in [7, 11) is 1.21. The number of aliphatic hydroxyl groups is 3. The van der Waals surface area contributed by atoms with Gasteiger partial charge in [-0.2, -0.15) is 0 Å². The minimum absolute atomic E-state index is 0.0868. The van der Waals surface area contributed by atoms with Crippen LogP contribution >= 0.6 is 0 Å². The number of allylic oxidation sites excluding steroid dienone is 2. The van der Waals surface area contributed by atoms with Crippen molar-refractivity contribution in [3.8, 4) is 0 Å². The molecule has 0 aliphatic rings. The Balaban J connectivity index is 5.05. The molecule has 0 saturated carbocycles. The van der Waals surface area contributed by atoms with Gasteiger partial charge >= 0.3 is 5.97 Å². The maximum absolute atomic E-state index is 11.3. The highest BCUT2D eigenvalue weighted by molar-refractivity contribution is 5.97. The number of Topliss-reactive ketones (excluding diaryl/α,β-unsaturated/α-hetero) is 1. The summed E-state index contributed by atoms with van der Waals surface area (Å²) in [5.41, 5.74) is 0.417. The molecule has 0 heterocycles. The Kier molecular flexibility index (Phi) is 8.73. The second-order valence-electron chi connectivity index (χ2n) is 3.40. The summed E-state index contributed by atoms with van der Waals surface area (Å²) in [6.07, 6.45) is 2.88. The highest BCUT2D eigenvalue weighted by Gasteiger charge is 2.10. The Labute approximate surface area is 105 Å². The first-order valence-corrected chi connectivity index (χ1v) is 5.44. The molecule has 0 atom stereocenters. The number of ketones is 1. The standard InChI is InChI=1S/C12H18O6/c1-18-12(17)10(5-7-14)3-2-9(4-6-13)11(16)8-15/h2-3,13-15H,4-8H2,1H3/b9-2+,10-3+. The lowest BCUT2D eigenvalue weighted by molar-refractivity contribution is -0.136. The number of carbonyl (C=O) groups excluding carboxylic acids is 2. The van der Waals surface area contributed by atoms with Gasteiger partial charge in [-0.05, 0) is 12.0 Å². The van der Waals surface area contributed by atoms with Gasteiger partial charge < -0.3 is 20.1 Å². The zero-order valence-corrected chi connectivity index (χ0v) is 10.3. The van der Waals surface area contributed by atoms with E-state index >= 15 is 0 Å². The predicted octanol–water partition coefficient (Wildman–Crippen LogP) is -0.662. The van der Waals surface area contributed by atoms with E-state index in [0.29, 0.717) is 0 Å². The lowest BCUT2D eigenvalue weighted by Crippen LogP contribution is -2.10. The van der Waals surface area contributed by atoms with Crippen LogP contribution in [0.15, 0.2) is 23.3 Å². The van der Waals surface area contributed by atoms with Crippen LogP contribution in [0.3, 0.4) is 0 Å². The molecule has 0 aromatic rings. The predicted molar refractivity (Wildman–Crippen MR) is 63.7 cm³/mol. The molecule has 3 N–H and O–H groups in total. The fourth-order valence-corrected chi connectivity index (χ4v) is 1.24. The molecule has 0 unspecified atom stereocenters. The molecule has 6 heteroatoms. The molecule has 0 saturated heterocycles. The quantitative estimate of drug-likeness (QED) is 0.303. The molecule has 0 aromatic carbocycles. The van der Waals surface area contributed by atoms with Crippen LogP contribution < -0.4 is 0 Å². The van der Waals surface area contributed by atoms with Crippen molar-refractivity contribution < 1.29 is 29.6 Å². The molecule has 0 spiro atoms. The second-order valence-corrected chi connectivity index (χ2v) is 3.40. The van der Waals surface area contributed by atoms with Crippen LogP contribution in [-0.2, 0) is 14.3 Å². The monoisotopic (exact) mass is 258 g/mol. The summed E-state index contributed by atoms with van der Waals surface area (Å²) in [5, 5.41) is 26.3. The third kappa shape index (κ3) is 5.72. The fraction of sp³-hybridized carbons (Fsp3) is 0.500. The molecule has 102 valence electrons. The first-order valence-electron chi connectivity index (χ1n) is 5.44. The van der Waals surface area contributed by atoms with Gasteiger partial charge in [0.2, 0.25) is 0 Å². The Morgan fingerprint density at radius 3 is 1.94 bits per heavy atom. The number of ether oxygens (including phenoxy) is 1. The number of hydrogen-bond donors (Lipinski definition) is 3. The van der Waals surface area contributed by atoms with E-state index in [1.165, 1.54) is 19.3 Å². The highest BCUT2D eigenvalue weighted by Crippen LogP contribution is 2.08. The lowest BCUT2D eigenvalue weighted by Gasteiger charge is -2.04. The minimum Gasteiger partial charge on any atom is -0.466 e. The Bertz CT molecular complexity index is 308. The zero-order valence-electron chi connectivity index (χ0n) is 10.3. The molecule has 0 rings (SSSR count). The Morgan fingerprint density at radius 2 is 1.50 bits per heavy atom. The lowest BCUT2D eigenvalue weighted by atomic mass is 10.1. The molecule has 0 radical (unpaired) electrons. The Morgan fingerprint density at radius 1 is 1.00 bits per heavy atom. The van der Waals surface area contributed by atoms with Crippen LogP contribution in [0, 0.1) is 0 Å². The summed E-state index contributed by atoms with van der Waals surface area (Å²) in [4.78, 5) is 22.6. The normalized spacial score (nSPS) is 12.4. The van der Waals surface area contributed by atoms with Crippen LogP contribution in [0.2, 0.25) is 0 Å². The van der Waals surface area contributed by atoms with Crippen LogP contribution in [0.4, 0.5) is 0 Å². The van der Waals surface area contributed by atoms with E-state index in [1.807, 2.05) is 0 Å². The molecule has 18 heavy (non-hydrogen) atoms. The van der Waals surface area contributed by atoms with E-state index in [9.17, 15) is 9.59 Å². The van der Waals surface area contributed by atoms with Crippen LogP contribution in [0.5, 0.6) is 0 Å². The molecule has 0 bridgehead atoms. The number of methoxy groups -OCH3 is 1. The summed E-state index contributed by atoms with van der Waals surface area (Å²) < 4.78 is 4.51. The highest BCUT2D eigenvalue weighted by atomic mass is 16.5. The van der Waals surface area contributed by atoms with Crippen molar-refractivity contribution in [3.05, 3.63) is 23.3 Å². The van der Waals surface area contributed by atoms with Crippen molar-refractivity contribution in [2.75, 3.05) is 26.9 Å². The third-order valence-electron chi connectivity index (χ3n) is 2.20. The van der Waals surface area contributed by atoms with Crippen LogP contribution in [0.1, 0.15) is 12.8 Å². The topological polar surface area (TPSA) is 104 Å². The fourth-order valence-electron chi connectivity index (χ4n) is 1.24. The maximum Gasteiger partial charge on any atom is 0.333 e. The molecule has 0 aromatic heterocycles. The van der Waals surface area contributed by atoms with E-state index in [0.717, 1.165) is 0 Å². The summed E-state index contributed by atoms with van der Waals surface area (Å²) in [6.45, 7) is -1.12. The number of esters is 1. The van der Waals surface area contributed by atoms with Gasteiger partial charge in [-0.1, -0.05) is 12.2 Å². The summed E-state index contributed by atoms with van der Waals surface area (Å²) in [5.74, 6) is -1.12. The van der Waals surface area contributed by atoms with Crippen LogP contribution in [0.25, 0.3) is 0 Å². The first-order chi connectivity index (χ1) is 8.60. The van der Waals surface area contributed by atoms with E-state index < -0.39 is 18.4 Å². The molecule has 0 fully saturated rings. The first kappa shape index (κ1) is 16.5. The third-order valence-corrected chi connectivity index (χ3v) is 2.20. The van der Waals surface area contributed by atoms with Crippen molar-refractivity contribution in [1.82, 2.24) is 0 Å². The van der Waals surface area contributed by atoms with E-state index in [-0.39, 0.29) is 37.2 Å². The largest absolute Gasteiger partial charge is 0.466 e. The van der Waals surface area contributed by atoms with Gasteiger partial charge in [-0.25, -0.2) is 4.79 Å². The second kappa shape index (κ2) is 9.52. The molecule has 0 aliphatic heterocycles. The van der Waals surface area contributed by atoms with Gasteiger partial charge in [-0.15, -0.1) is 0 Å². The van der Waals surface area contributed by atoms with Crippen molar-refractivity contribution in [2.45, 2.75) is 12.8 Å².